The molecule has 0 aromatic rings. The van der Waals surface area contributed by atoms with Crippen LogP contribution in [0.3, 0.4) is 0 Å². The zero-order valence-electron chi connectivity index (χ0n) is 30.5. The van der Waals surface area contributed by atoms with Gasteiger partial charge in [-0.25, -0.2) is 4.18 Å². The van der Waals surface area contributed by atoms with Gasteiger partial charge in [-0.2, -0.15) is 8.42 Å². The maximum Gasteiger partial charge on any atom is 0.397 e. The maximum absolute atomic E-state index is 11.8. The molecule has 0 spiro atoms. The van der Waals surface area contributed by atoms with E-state index in [1.54, 1.807) is 0 Å². The van der Waals surface area contributed by atoms with Crippen molar-refractivity contribution in [2.24, 2.45) is 58.0 Å². The quantitative estimate of drug-likeness (QED) is 0.0720. The monoisotopic (exact) mass is 685 g/mol. The van der Waals surface area contributed by atoms with Crippen LogP contribution in [0.1, 0.15) is 125 Å². The Morgan fingerprint density at radius 3 is 2.13 bits per heavy atom. The van der Waals surface area contributed by atoms with Gasteiger partial charge in [0.25, 0.3) is 0 Å². The van der Waals surface area contributed by atoms with Crippen molar-refractivity contribution in [3.05, 3.63) is 0 Å². The lowest BCUT2D eigenvalue weighted by atomic mass is 9.43. The molecule has 10 heteroatoms. The minimum atomic E-state index is -4.46. The van der Waals surface area contributed by atoms with Crippen molar-refractivity contribution in [1.29, 1.82) is 0 Å². The molecule has 0 radical (unpaired) electrons. The van der Waals surface area contributed by atoms with Crippen molar-refractivity contribution < 1.29 is 22.3 Å². The molecule has 9 nitrogen and oxygen atoms in total. The third-order valence-corrected chi connectivity index (χ3v) is 14.3. The number of fused-ring (bicyclic) bond motifs is 5. The summed E-state index contributed by atoms with van der Waals surface area (Å²) < 4.78 is 37.2. The second-order valence-electron chi connectivity index (χ2n) is 17.0. The first-order valence-corrected chi connectivity index (χ1v) is 20.8. The highest BCUT2D eigenvalue weighted by atomic mass is 32.3. The van der Waals surface area contributed by atoms with Gasteiger partial charge in [-0.15, -0.1) is 0 Å². The van der Waals surface area contributed by atoms with Gasteiger partial charge in [0, 0.05) is 6.04 Å². The molecule has 0 heterocycles. The zero-order valence-corrected chi connectivity index (χ0v) is 31.3. The first kappa shape index (κ1) is 39.5. The van der Waals surface area contributed by atoms with Crippen LogP contribution in [0, 0.1) is 52.3 Å². The summed E-state index contributed by atoms with van der Waals surface area (Å²) >= 11 is 0. The Bertz CT molecular complexity index is 1050. The van der Waals surface area contributed by atoms with Gasteiger partial charge in [0.15, 0.2) is 0 Å². The Morgan fingerprint density at radius 2 is 1.47 bits per heavy atom. The third kappa shape index (κ3) is 10.1. The highest BCUT2D eigenvalue weighted by molar-refractivity contribution is 7.80. The summed E-state index contributed by atoms with van der Waals surface area (Å²) in [7, 11) is -4.46. The van der Waals surface area contributed by atoms with Crippen molar-refractivity contribution in [3.8, 4) is 0 Å². The predicted octanol–water partition coefficient (Wildman–Crippen LogP) is 5.53. The van der Waals surface area contributed by atoms with Gasteiger partial charge in [0.05, 0.1) is 12.2 Å². The average molecular weight is 685 g/mol. The van der Waals surface area contributed by atoms with Crippen LogP contribution in [0.4, 0.5) is 0 Å². The summed E-state index contributed by atoms with van der Waals surface area (Å²) in [5.74, 6) is 3.20. The SMILES string of the molecule is CC(C)C(CC[C@@H](C)C1CCC2C3C(CC[C@@]21C)[C@@]1(C)CC[C@H](NCCCNCCCCNCCCN)C[C@@H]1C[C@H]3O)OS(=O)(=O)O. The van der Waals surface area contributed by atoms with Crippen molar-refractivity contribution in [1.82, 2.24) is 16.0 Å². The van der Waals surface area contributed by atoms with E-state index in [-0.39, 0.29) is 17.4 Å². The molecular formula is C37H72N4O5S. The van der Waals surface area contributed by atoms with E-state index >= 15 is 0 Å². The fourth-order valence-corrected chi connectivity index (χ4v) is 11.8. The van der Waals surface area contributed by atoms with E-state index < -0.39 is 16.5 Å². The Labute approximate surface area is 288 Å². The summed E-state index contributed by atoms with van der Waals surface area (Å²) in [6, 6.07) is 0.571. The molecule has 0 aromatic heterocycles. The first-order chi connectivity index (χ1) is 22.3. The lowest BCUT2D eigenvalue weighted by Crippen LogP contribution is -2.59. The van der Waals surface area contributed by atoms with Gasteiger partial charge in [-0.05, 0) is 181 Å². The van der Waals surface area contributed by atoms with Crippen LogP contribution in [-0.4, -0.2) is 75.6 Å². The van der Waals surface area contributed by atoms with Crippen molar-refractivity contribution in [2.45, 2.75) is 143 Å². The molecule has 0 aromatic carbocycles. The lowest BCUT2D eigenvalue weighted by Gasteiger charge is -2.62. The minimum Gasteiger partial charge on any atom is -0.393 e. The molecule has 276 valence electrons. The lowest BCUT2D eigenvalue weighted by molar-refractivity contribution is -0.167. The number of nitrogens with one attached hydrogen (secondary N) is 3. The largest absolute Gasteiger partial charge is 0.397 e. The Hall–Kier alpha value is -0.330. The molecule has 4 aliphatic carbocycles. The number of unbranched alkanes of at least 4 members (excludes halogenated alkanes) is 1. The fourth-order valence-electron chi connectivity index (χ4n) is 11.2. The Kier molecular flexibility index (Phi) is 14.9. The van der Waals surface area contributed by atoms with Gasteiger partial charge >= 0.3 is 10.4 Å². The summed E-state index contributed by atoms with van der Waals surface area (Å²) in [5.41, 5.74) is 6.08. The molecule has 47 heavy (non-hydrogen) atoms. The number of aliphatic hydroxyl groups is 1. The van der Waals surface area contributed by atoms with Crippen LogP contribution in [0.25, 0.3) is 0 Å². The first-order valence-electron chi connectivity index (χ1n) is 19.5. The van der Waals surface area contributed by atoms with Crippen LogP contribution in [0.15, 0.2) is 0 Å². The molecule has 0 bridgehead atoms. The van der Waals surface area contributed by atoms with E-state index in [1.807, 2.05) is 13.8 Å². The molecular weight excluding hydrogens is 612 g/mol. The molecule has 0 amide bonds. The predicted molar refractivity (Wildman–Crippen MR) is 191 cm³/mol. The number of hydrogen-bond donors (Lipinski definition) is 6. The molecule has 4 aliphatic rings. The molecule has 4 rings (SSSR count). The number of rotatable bonds is 20. The topological polar surface area (TPSA) is 146 Å². The van der Waals surface area contributed by atoms with Crippen molar-refractivity contribution in [2.75, 3.05) is 39.3 Å². The highest BCUT2D eigenvalue weighted by Gasteiger charge is 2.62. The molecule has 5 unspecified atom stereocenters. The highest BCUT2D eigenvalue weighted by Crippen LogP contribution is 2.68. The van der Waals surface area contributed by atoms with E-state index in [1.165, 1.54) is 57.8 Å². The van der Waals surface area contributed by atoms with Crippen LogP contribution in [0.2, 0.25) is 0 Å². The normalized spacial score (nSPS) is 36.9. The third-order valence-electron chi connectivity index (χ3n) is 13.8. The molecule has 11 atom stereocenters. The summed E-state index contributed by atoms with van der Waals surface area (Å²) in [5, 5.41) is 22.8. The molecule has 0 saturated heterocycles. The van der Waals surface area contributed by atoms with Gasteiger partial charge in [-0.1, -0.05) is 34.6 Å². The summed E-state index contributed by atoms with van der Waals surface area (Å²) in [6.07, 6.45) is 15.0. The summed E-state index contributed by atoms with van der Waals surface area (Å²) in [4.78, 5) is 0. The zero-order chi connectivity index (χ0) is 34.2. The second kappa shape index (κ2) is 17.7. The van der Waals surface area contributed by atoms with E-state index in [9.17, 15) is 18.1 Å². The molecule has 0 aliphatic heterocycles. The smallest absolute Gasteiger partial charge is 0.393 e. The van der Waals surface area contributed by atoms with Crippen LogP contribution < -0.4 is 21.7 Å². The number of aliphatic hydroxyl groups excluding tert-OH is 1. The molecule has 7 N–H and O–H groups in total. The fraction of sp³-hybridized carbons (Fsp3) is 1.00. The molecule has 4 fully saturated rings. The number of hydrogen-bond acceptors (Lipinski definition) is 8. The average Bonchev–Trinajstić information content (AvgIpc) is 3.36. The Balaban J connectivity index is 1.23. The van der Waals surface area contributed by atoms with Crippen molar-refractivity contribution >= 4 is 10.4 Å². The van der Waals surface area contributed by atoms with E-state index in [0.717, 1.165) is 65.0 Å². The standard InChI is InChI=1S/C37H72N4O5S/c1-26(2)34(46-47(43,44)45)13-10-27(3)30-11-12-31-35-32(15-17-37(30,31)5)36(4)16-14-29(24-28(36)25-33(35)42)41-23-9-22-40-20-7-6-19-39-21-8-18-38/h26-35,39-42H,6-25,38H2,1-5H3,(H,43,44,45)/t27-,28-,29+,30?,31?,32?,33-,34?,35?,36+,37-/m1/s1. The summed E-state index contributed by atoms with van der Waals surface area (Å²) in [6.45, 7) is 17.4. The Morgan fingerprint density at radius 1 is 0.830 bits per heavy atom. The van der Waals surface area contributed by atoms with E-state index in [0.29, 0.717) is 53.4 Å². The maximum atomic E-state index is 11.8. The van der Waals surface area contributed by atoms with Crippen LogP contribution in [-0.2, 0) is 14.6 Å². The van der Waals surface area contributed by atoms with Gasteiger partial charge in [0.1, 0.15) is 0 Å². The van der Waals surface area contributed by atoms with Gasteiger partial charge in [-0.3, -0.25) is 4.55 Å². The van der Waals surface area contributed by atoms with E-state index in [2.05, 4.69) is 36.7 Å². The molecule has 4 saturated carbocycles. The van der Waals surface area contributed by atoms with Gasteiger partial charge < -0.3 is 26.8 Å². The van der Waals surface area contributed by atoms with Gasteiger partial charge in [0.2, 0.25) is 0 Å². The minimum absolute atomic E-state index is 0.0137. The second-order valence-corrected chi connectivity index (χ2v) is 18.1. The number of nitrogens with two attached hydrogens (primary N) is 1. The van der Waals surface area contributed by atoms with Crippen molar-refractivity contribution in [3.63, 3.8) is 0 Å². The van der Waals surface area contributed by atoms with Crippen LogP contribution in [0.5, 0.6) is 0 Å². The van der Waals surface area contributed by atoms with E-state index in [4.69, 9.17) is 9.92 Å². The van der Waals surface area contributed by atoms with Crippen LogP contribution >= 0.6 is 0 Å².